The van der Waals surface area contributed by atoms with E-state index < -0.39 is 27.3 Å². The second kappa shape index (κ2) is 9.00. The fourth-order valence-electron chi connectivity index (χ4n) is 2.60. The Labute approximate surface area is 193 Å². The first kappa shape index (κ1) is 23.3. The molecule has 0 fully saturated rings. The third-order valence-corrected chi connectivity index (χ3v) is 5.43. The van der Waals surface area contributed by atoms with Gasteiger partial charge in [0.25, 0.3) is 5.91 Å². The van der Waals surface area contributed by atoms with Crippen molar-refractivity contribution in [1.29, 1.82) is 0 Å². The topological polar surface area (TPSA) is 85.4 Å². The maximum absolute atomic E-state index is 14.5. The molecule has 3 aromatic rings. The fraction of sp³-hybridized carbons (Fsp3) is 0.100. The second-order valence-corrected chi connectivity index (χ2v) is 9.54. The van der Waals surface area contributed by atoms with E-state index >= 15 is 0 Å². The molecule has 0 atom stereocenters. The van der Waals surface area contributed by atoms with Gasteiger partial charge in [0, 0.05) is 27.4 Å². The van der Waals surface area contributed by atoms with Crippen molar-refractivity contribution in [1.82, 2.24) is 9.71 Å². The Morgan fingerprint density at radius 2 is 1.81 bits per heavy atom. The maximum Gasteiger partial charge on any atom is 0.267 e. The lowest BCUT2D eigenvalue weighted by Crippen LogP contribution is -2.30. The van der Waals surface area contributed by atoms with E-state index in [1.165, 1.54) is 12.3 Å². The first-order valence-electron chi connectivity index (χ1n) is 8.55. The van der Waals surface area contributed by atoms with Crippen LogP contribution in [0.25, 0.3) is 11.1 Å². The number of nitrogens with one attached hydrogen (secondary N) is 1. The molecule has 0 saturated heterocycles. The zero-order valence-electron chi connectivity index (χ0n) is 16.0. The van der Waals surface area contributed by atoms with Crippen molar-refractivity contribution < 1.29 is 22.3 Å². The largest absolute Gasteiger partial charge is 0.437 e. The molecule has 1 amide bonds. The van der Waals surface area contributed by atoms with Crippen molar-refractivity contribution in [2.24, 2.45) is 0 Å². The summed E-state index contributed by atoms with van der Waals surface area (Å²) in [5.74, 6) is -1.52. The van der Waals surface area contributed by atoms with E-state index in [-0.39, 0.29) is 21.5 Å². The van der Waals surface area contributed by atoms with Gasteiger partial charge in [-0.05, 0) is 42.8 Å². The number of ether oxygens (including phenoxy) is 1. The summed E-state index contributed by atoms with van der Waals surface area (Å²) in [5, 5.41) is 0.611. The van der Waals surface area contributed by atoms with Crippen molar-refractivity contribution in [2.45, 2.75) is 6.92 Å². The molecule has 2 aromatic carbocycles. The molecule has 11 heteroatoms. The van der Waals surface area contributed by atoms with Crippen LogP contribution in [0.15, 0.2) is 42.6 Å². The van der Waals surface area contributed by atoms with Gasteiger partial charge in [-0.3, -0.25) is 4.79 Å². The maximum atomic E-state index is 14.5. The van der Waals surface area contributed by atoms with E-state index in [1.54, 1.807) is 22.9 Å². The normalized spacial score (nSPS) is 11.3. The Morgan fingerprint density at radius 1 is 1.10 bits per heavy atom. The Hall–Kier alpha value is -2.39. The third kappa shape index (κ3) is 5.65. The predicted molar refractivity (Wildman–Crippen MR) is 118 cm³/mol. The van der Waals surface area contributed by atoms with Crippen LogP contribution < -0.4 is 9.46 Å². The highest BCUT2D eigenvalue weighted by atomic mass is 35.5. The highest BCUT2D eigenvalue weighted by Gasteiger charge is 2.19. The first-order valence-corrected chi connectivity index (χ1v) is 11.6. The average molecular weight is 504 g/mol. The number of hydrogen-bond donors (Lipinski definition) is 1. The molecule has 0 aliphatic rings. The van der Waals surface area contributed by atoms with Gasteiger partial charge in [-0.25, -0.2) is 22.5 Å². The number of sulfonamides is 1. The zero-order valence-corrected chi connectivity index (χ0v) is 19.1. The number of halogens is 4. The number of amides is 1. The Bertz CT molecular complexity index is 1300. The Morgan fingerprint density at radius 3 is 2.45 bits per heavy atom. The van der Waals surface area contributed by atoms with Gasteiger partial charge in [0.05, 0.1) is 11.8 Å². The minimum Gasteiger partial charge on any atom is -0.437 e. The number of pyridine rings is 1. The fourth-order valence-corrected chi connectivity index (χ4v) is 3.69. The smallest absolute Gasteiger partial charge is 0.267 e. The lowest BCUT2D eigenvalue weighted by atomic mass is 10.0. The van der Waals surface area contributed by atoms with E-state index in [1.807, 2.05) is 6.92 Å². The highest BCUT2D eigenvalue weighted by molar-refractivity contribution is 7.89. The summed E-state index contributed by atoms with van der Waals surface area (Å²) in [6, 6.07) is 8.62. The molecule has 0 spiro atoms. The molecule has 6 nitrogen and oxygen atoms in total. The van der Waals surface area contributed by atoms with Gasteiger partial charge >= 0.3 is 0 Å². The van der Waals surface area contributed by atoms with Crippen LogP contribution in [0.2, 0.25) is 15.1 Å². The lowest BCUT2D eigenvalue weighted by Gasteiger charge is -2.12. The quantitative estimate of drug-likeness (QED) is 0.487. The number of aromatic nitrogens is 1. The second-order valence-electron chi connectivity index (χ2n) is 6.54. The van der Waals surface area contributed by atoms with Crippen LogP contribution in [-0.4, -0.2) is 25.6 Å². The average Bonchev–Trinajstić information content (AvgIpc) is 2.66. The molecule has 0 aliphatic carbocycles. The number of benzene rings is 2. The van der Waals surface area contributed by atoms with E-state index in [2.05, 4.69) is 4.98 Å². The molecule has 1 aromatic heterocycles. The summed E-state index contributed by atoms with van der Waals surface area (Å²) in [4.78, 5) is 16.1. The van der Waals surface area contributed by atoms with Crippen LogP contribution >= 0.6 is 34.8 Å². The number of aryl methyl sites for hydroxylation is 1. The minimum absolute atomic E-state index is 0.00253. The predicted octanol–water partition coefficient (Wildman–Crippen LogP) is 5.64. The van der Waals surface area contributed by atoms with E-state index in [9.17, 15) is 17.6 Å². The Balaban J connectivity index is 1.93. The summed E-state index contributed by atoms with van der Waals surface area (Å²) in [6.07, 6.45) is 2.15. The van der Waals surface area contributed by atoms with Gasteiger partial charge in [0.2, 0.25) is 15.9 Å². The van der Waals surface area contributed by atoms with Crippen LogP contribution in [0.1, 0.15) is 15.9 Å². The molecular formula is C20H14Cl3FN2O4S. The molecule has 1 N–H and O–H groups in total. The van der Waals surface area contributed by atoms with Gasteiger partial charge in [0.15, 0.2) is 0 Å². The van der Waals surface area contributed by atoms with Crippen LogP contribution in [-0.2, 0) is 10.0 Å². The monoisotopic (exact) mass is 502 g/mol. The molecule has 162 valence electrons. The minimum atomic E-state index is -3.86. The molecule has 0 aliphatic heterocycles. The van der Waals surface area contributed by atoms with Crippen molar-refractivity contribution in [3.05, 3.63) is 74.6 Å². The van der Waals surface area contributed by atoms with Crippen molar-refractivity contribution in [2.75, 3.05) is 6.26 Å². The standard InChI is InChI=1S/C20H14Cl3FN2O4S/c1-10-3-4-12(21)6-18(10)30-20-16(23)5-11(9-25-20)13-8-17(24)14(7-15(13)22)19(27)26-31(2,28)29/h3-9H,1-2H3,(H,26,27). The van der Waals surface area contributed by atoms with E-state index in [0.717, 1.165) is 24.0 Å². The SMILES string of the molecule is Cc1ccc(Cl)cc1Oc1ncc(-c2cc(F)c(C(=O)NS(C)(=O)=O)cc2Cl)cc1Cl. The van der Waals surface area contributed by atoms with E-state index in [0.29, 0.717) is 16.3 Å². The highest BCUT2D eigenvalue weighted by Crippen LogP contribution is 2.36. The van der Waals surface area contributed by atoms with Gasteiger partial charge in [-0.15, -0.1) is 0 Å². The van der Waals surface area contributed by atoms with E-state index in [4.69, 9.17) is 39.5 Å². The summed E-state index contributed by atoms with van der Waals surface area (Å²) >= 11 is 18.5. The molecule has 0 unspecified atom stereocenters. The zero-order chi connectivity index (χ0) is 22.9. The molecule has 0 bridgehead atoms. The first-order chi connectivity index (χ1) is 14.4. The molecule has 3 rings (SSSR count). The molecule has 0 radical (unpaired) electrons. The summed E-state index contributed by atoms with van der Waals surface area (Å²) in [6.45, 7) is 1.83. The number of rotatable bonds is 5. The molecule has 31 heavy (non-hydrogen) atoms. The summed E-state index contributed by atoms with van der Waals surface area (Å²) in [5.41, 5.74) is 0.864. The van der Waals surface area contributed by atoms with Crippen LogP contribution in [0.4, 0.5) is 4.39 Å². The lowest BCUT2D eigenvalue weighted by molar-refractivity contribution is 0.0978. The van der Waals surface area contributed by atoms with Gasteiger partial charge < -0.3 is 4.74 Å². The van der Waals surface area contributed by atoms with Crippen molar-refractivity contribution in [3.8, 4) is 22.8 Å². The van der Waals surface area contributed by atoms with Crippen molar-refractivity contribution >= 4 is 50.7 Å². The van der Waals surface area contributed by atoms with Gasteiger partial charge in [-0.1, -0.05) is 40.9 Å². The van der Waals surface area contributed by atoms with Crippen LogP contribution in [0.3, 0.4) is 0 Å². The Kier molecular flexibility index (Phi) is 6.76. The third-order valence-electron chi connectivity index (χ3n) is 4.05. The van der Waals surface area contributed by atoms with Crippen molar-refractivity contribution in [3.63, 3.8) is 0 Å². The number of carbonyl (C=O) groups is 1. The summed E-state index contributed by atoms with van der Waals surface area (Å²) in [7, 11) is -3.86. The molecule has 1 heterocycles. The molecular weight excluding hydrogens is 490 g/mol. The van der Waals surface area contributed by atoms with Gasteiger partial charge in [-0.2, -0.15) is 0 Å². The number of carbonyl (C=O) groups excluding carboxylic acids is 1. The molecule has 0 saturated carbocycles. The van der Waals surface area contributed by atoms with Crippen LogP contribution in [0.5, 0.6) is 11.6 Å². The van der Waals surface area contributed by atoms with Crippen LogP contribution in [0, 0.1) is 12.7 Å². The number of nitrogens with zero attached hydrogens (tertiary/aromatic N) is 1. The van der Waals surface area contributed by atoms with Gasteiger partial charge in [0.1, 0.15) is 16.6 Å². The summed E-state index contributed by atoms with van der Waals surface area (Å²) < 4.78 is 44.3. The number of hydrogen-bond acceptors (Lipinski definition) is 5.